The highest BCUT2D eigenvalue weighted by atomic mass is 28.4. The van der Waals surface area contributed by atoms with E-state index in [0.717, 1.165) is 24.7 Å². The Kier molecular flexibility index (Phi) is 6.57. The fourth-order valence-corrected chi connectivity index (χ4v) is 3.86. The molecule has 0 heterocycles. The minimum absolute atomic E-state index is 0.686. The molecule has 0 unspecified atom stereocenters. The zero-order valence-electron chi connectivity index (χ0n) is 14.5. The maximum Gasteiger partial charge on any atom is 0.241 e. The van der Waals surface area contributed by atoms with Crippen LogP contribution in [0.1, 0.15) is 52.9 Å². The van der Waals surface area contributed by atoms with Crippen molar-refractivity contribution in [3.05, 3.63) is 24.0 Å². The molecule has 2 heteroatoms. The first-order chi connectivity index (χ1) is 9.17. The molecule has 0 aromatic heterocycles. The van der Waals surface area contributed by atoms with Crippen molar-refractivity contribution >= 4 is 8.32 Å². The van der Waals surface area contributed by atoms with Gasteiger partial charge in [-0.15, -0.1) is 6.58 Å². The Balaban J connectivity index is 2.73. The molecule has 1 rings (SSSR count). The van der Waals surface area contributed by atoms with Crippen molar-refractivity contribution in [3.8, 4) is 0 Å². The maximum absolute atomic E-state index is 6.32. The zero-order valence-corrected chi connectivity index (χ0v) is 15.5. The van der Waals surface area contributed by atoms with Gasteiger partial charge in [-0.2, -0.15) is 0 Å². The quantitative estimate of drug-likeness (QED) is 0.421. The summed E-state index contributed by atoms with van der Waals surface area (Å²) in [6.07, 6.45) is 8.66. The molecule has 0 amide bonds. The Hall–Kier alpha value is -0.503. The Morgan fingerprint density at radius 2 is 2.05 bits per heavy atom. The van der Waals surface area contributed by atoms with E-state index in [9.17, 15) is 0 Å². The molecule has 0 spiro atoms. The van der Waals surface area contributed by atoms with Gasteiger partial charge in [-0.1, -0.05) is 19.4 Å². The van der Waals surface area contributed by atoms with E-state index in [4.69, 9.17) is 4.43 Å². The summed E-state index contributed by atoms with van der Waals surface area (Å²) in [5.41, 5.74) is 1.31. The minimum Gasteiger partial charge on any atom is -0.548 e. The summed E-state index contributed by atoms with van der Waals surface area (Å²) in [5.74, 6) is 3.46. The van der Waals surface area contributed by atoms with E-state index in [-0.39, 0.29) is 0 Å². The normalized spacial score (nSPS) is 25.6. The van der Waals surface area contributed by atoms with Crippen LogP contribution in [0.4, 0.5) is 0 Å². The van der Waals surface area contributed by atoms with Crippen molar-refractivity contribution in [2.45, 2.75) is 72.5 Å². The summed E-state index contributed by atoms with van der Waals surface area (Å²) < 4.78 is 6.32. The van der Waals surface area contributed by atoms with Gasteiger partial charge >= 0.3 is 0 Å². The van der Waals surface area contributed by atoms with Gasteiger partial charge in [-0.3, -0.25) is 0 Å². The van der Waals surface area contributed by atoms with Crippen LogP contribution in [0.2, 0.25) is 19.6 Å². The molecule has 116 valence electrons. The van der Waals surface area contributed by atoms with Crippen molar-refractivity contribution < 1.29 is 4.43 Å². The standard InChI is InChI=1S/C18H34OSi/c1-14(2)8-10-16(4)17-11-9-15(3)12-18(13-17)19-20(5,6)7/h13,15-17H,1,8-12H2,2-7H3/t15-,16+,17-/m1/s1. The average molecular weight is 295 g/mol. The third kappa shape index (κ3) is 6.78. The molecule has 0 aromatic rings. The van der Waals surface area contributed by atoms with Gasteiger partial charge in [-0.25, -0.2) is 0 Å². The lowest BCUT2D eigenvalue weighted by Gasteiger charge is -2.24. The molecule has 0 aromatic carbocycles. The van der Waals surface area contributed by atoms with Gasteiger partial charge in [0.25, 0.3) is 0 Å². The lowest BCUT2D eigenvalue weighted by Crippen LogP contribution is -2.25. The topological polar surface area (TPSA) is 9.23 Å². The smallest absolute Gasteiger partial charge is 0.241 e. The Morgan fingerprint density at radius 3 is 2.60 bits per heavy atom. The van der Waals surface area contributed by atoms with Crippen LogP contribution in [0, 0.1) is 17.8 Å². The second kappa shape index (κ2) is 7.49. The molecule has 0 aliphatic heterocycles. The molecule has 20 heavy (non-hydrogen) atoms. The van der Waals surface area contributed by atoms with E-state index < -0.39 is 8.32 Å². The molecule has 3 atom stereocenters. The fourth-order valence-electron chi connectivity index (χ4n) is 2.92. The summed E-state index contributed by atoms with van der Waals surface area (Å²) in [6, 6.07) is 0. The average Bonchev–Trinajstić information content (AvgIpc) is 2.45. The van der Waals surface area contributed by atoms with Crippen LogP contribution in [0.3, 0.4) is 0 Å². The summed E-state index contributed by atoms with van der Waals surface area (Å²) in [6.45, 7) is 17.8. The van der Waals surface area contributed by atoms with Gasteiger partial charge in [-0.05, 0) is 76.1 Å². The lowest BCUT2D eigenvalue weighted by atomic mass is 9.85. The summed E-state index contributed by atoms with van der Waals surface area (Å²) in [4.78, 5) is 0. The third-order valence-electron chi connectivity index (χ3n) is 4.14. The zero-order chi connectivity index (χ0) is 15.3. The van der Waals surface area contributed by atoms with Crippen molar-refractivity contribution in [1.82, 2.24) is 0 Å². The van der Waals surface area contributed by atoms with Crippen molar-refractivity contribution in [1.29, 1.82) is 0 Å². The molecule has 0 radical (unpaired) electrons. The number of hydrogen-bond acceptors (Lipinski definition) is 1. The van der Waals surface area contributed by atoms with E-state index >= 15 is 0 Å². The van der Waals surface area contributed by atoms with E-state index in [2.05, 4.69) is 53.1 Å². The van der Waals surface area contributed by atoms with Crippen LogP contribution >= 0.6 is 0 Å². The highest BCUT2D eigenvalue weighted by Crippen LogP contribution is 2.34. The van der Waals surface area contributed by atoms with Gasteiger partial charge in [0.05, 0.1) is 5.76 Å². The van der Waals surface area contributed by atoms with Gasteiger partial charge in [0.2, 0.25) is 8.32 Å². The van der Waals surface area contributed by atoms with Gasteiger partial charge in [0.1, 0.15) is 0 Å². The molecular formula is C18H34OSi. The number of rotatable bonds is 6. The molecule has 0 fully saturated rings. The van der Waals surface area contributed by atoms with Crippen LogP contribution in [0.25, 0.3) is 0 Å². The molecule has 1 nitrogen and oxygen atoms in total. The summed E-state index contributed by atoms with van der Waals surface area (Å²) in [7, 11) is -1.48. The van der Waals surface area contributed by atoms with E-state index in [1.807, 2.05) is 0 Å². The second-order valence-electron chi connectivity index (χ2n) is 7.87. The van der Waals surface area contributed by atoms with Crippen LogP contribution in [0.5, 0.6) is 0 Å². The monoisotopic (exact) mass is 294 g/mol. The van der Waals surface area contributed by atoms with Crippen LogP contribution in [-0.4, -0.2) is 8.32 Å². The lowest BCUT2D eigenvalue weighted by molar-refractivity contribution is 0.357. The summed E-state index contributed by atoms with van der Waals surface area (Å²) in [5, 5.41) is 0. The summed E-state index contributed by atoms with van der Waals surface area (Å²) >= 11 is 0. The van der Waals surface area contributed by atoms with E-state index in [1.165, 1.54) is 30.6 Å². The first kappa shape index (κ1) is 17.5. The number of allylic oxidation sites excluding steroid dienone is 3. The largest absolute Gasteiger partial charge is 0.548 e. The first-order valence-electron chi connectivity index (χ1n) is 8.21. The Morgan fingerprint density at radius 1 is 1.40 bits per heavy atom. The molecule has 0 bridgehead atoms. The van der Waals surface area contributed by atoms with Crippen molar-refractivity contribution in [2.75, 3.05) is 0 Å². The highest BCUT2D eigenvalue weighted by molar-refractivity contribution is 6.70. The first-order valence-corrected chi connectivity index (χ1v) is 11.6. The maximum atomic E-state index is 6.32. The van der Waals surface area contributed by atoms with Crippen LogP contribution in [-0.2, 0) is 4.43 Å². The predicted octanol–water partition coefficient (Wildman–Crippen LogP) is 6.15. The highest BCUT2D eigenvalue weighted by Gasteiger charge is 2.25. The molecule has 0 saturated carbocycles. The Bertz CT molecular complexity index is 351. The van der Waals surface area contributed by atoms with Crippen LogP contribution < -0.4 is 0 Å². The molecule has 1 aliphatic rings. The van der Waals surface area contributed by atoms with E-state index in [1.54, 1.807) is 0 Å². The van der Waals surface area contributed by atoms with Gasteiger partial charge in [0.15, 0.2) is 0 Å². The Labute approximate surface area is 127 Å². The van der Waals surface area contributed by atoms with Crippen molar-refractivity contribution in [3.63, 3.8) is 0 Å². The van der Waals surface area contributed by atoms with Crippen molar-refractivity contribution in [2.24, 2.45) is 17.8 Å². The second-order valence-corrected chi connectivity index (χ2v) is 12.3. The molecular weight excluding hydrogens is 260 g/mol. The minimum atomic E-state index is -1.48. The molecule has 0 N–H and O–H groups in total. The molecule has 0 saturated heterocycles. The molecule has 1 aliphatic carbocycles. The predicted molar refractivity (Wildman–Crippen MR) is 92.2 cm³/mol. The van der Waals surface area contributed by atoms with E-state index in [0.29, 0.717) is 5.92 Å². The third-order valence-corrected chi connectivity index (χ3v) is 5.01. The van der Waals surface area contributed by atoms with Gasteiger partial charge < -0.3 is 4.43 Å². The SMILES string of the molecule is C=C(C)CC[C@H](C)[C@H]1C=C(O[Si](C)(C)C)C[C@H](C)CC1. The van der Waals surface area contributed by atoms with Gasteiger partial charge in [0, 0.05) is 6.42 Å². The number of hydrogen-bond donors (Lipinski definition) is 0. The van der Waals surface area contributed by atoms with Crippen LogP contribution in [0.15, 0.2) is 24.0 Å². The fraction of sp³-hybridized carbons (Fsp3) is 0.778.